The van der Waals surface area contributed by atoms with E-state index in [1.165, 1.54) is 20.3 Å². The number of imidazole rings is 1. The van der Waals surface area contributed by atoms with Crippen LogP contribution in [0.4, 0.5) is 0 Å². The maximum atomic E-state index is 12.4. The number of aliphatic hydroxyl groups is 1. The summed E-state index contributed by atoms with van der Waals surface area (Å²) in [5.74, 6) is -0.370. The molecule has 0 saturated carbocycles. The highest BCUT2D eigenvalue weighted by Crippen LogP contribution is 2.31. The number of nitrogens with one attached hydrogen (secondary N) is 1. The topological polar surface area (TPSA) is 117 Å². The fraction of sp³-hybridized carbons (Fsp3) is 0.150. The normalized spacial score (nSPS) is 11.5. The molecule has 142 valence electrons. The molecule has 0 aliphatic heterocycles. The van der Waals surface area contributed by atoms with Crippen molar-refractivity contribution >= 4 is 22.6 Å². The lowest BCUT2D eigenvalue weighted by Crippen LogP contribution is -2.11. The molecule has 2 N–H and O–H groups in total. The molecule has 2 aromatic carbocycles. The fourth-order valence-corrected chi connectivity index (χ4v) is 2.66. The molecule has 3 aromatic rings. The Balaban J connectivity index is 1.82. The van der Waals surface area contributed by atoms with Gasteiger partial charge in [-0.25, -0.2) is 9.78 Å². The smallest absolute Gasteiger partial charge is 0.342 e. The first-order valence-electron chi connectivity index (χ1n) is 8.24. The second-order valence-electron chi connectivity index (χ2n) is 5.65. The molecule has 0 atom stereocenters. The SMILES string of the molecule is COc1cccc(C(=O)OCC(O)=C(C#N)c2nc3ccccc3[nH]2)c1OC. The zero-order valence-corrected chi connectivity index (χ0v) is 15.2. The van der Waals surface area contributed by atoms with Gasteiger partial charge >= 0.3 is 5.97 Å². The summed E-state index contributed by atoms with van der Waals surface area (Å²) in [4.78, 5) is 19.6. The van der Waals surface area contributed by atoms with Gasteiger partial charge in [-0.3, -0.25) is 0 Å². The van der Waals surface area contributed by atoms with Crippen molar-refractivity contribution < 1.29 is 24.1 Å². The van der Waals surface area contributed by atoms with Crippen LogP contribution in [0, 0.1) is 11.3 Å². The number of aliphatic hydroxyl groups excluding tert-OH is 1. The molecule has 28 heavy (non-hydrogen) atoms. The number of fused-ring (bicyclic) bond motifs is 1. The van der Waals surface area contributed by atoms with E-state index in [4.69, 9.17) is 14.2 Å². The summed E-state index contributed by atoms with van der Waals surface area (Å²) in [5.41, 5.74) is 1.39. The minimum absolute atomic E-state index is 0.110. The number of aromatic amines is 1. The first kappa shape index (κ1) is 18.8. The van der Waals surface area contributed by atoms with Crippen LogP contribution in [0.25, 0.3) is 16.6 Å². The van der Waals surface area contributed by atoms with E-state index in [0.717, 1.165) is 5.52 Å². The molecule has 0 unspecified atom stereocenters. The number of benzene rings is 2. The van der Waals surface area contributed by atoms with Crippen molar-refractivity contribution in [2.45, 2.75) is 0 Å². The van der Waals surface area contributed by atoms with Crippen LogP contribution in [0.5, 0.6) is 11.5 Å². The number of aromatic nitrogens is 2. The predicted molar refractivity (Wildman–Crippen MR) is 101 cm³/mol. The Labute approximate surface area is 160 Å². The Morgan fingerprint density at radius 2 is 1.96 bits per heavy atom. The number of ether oxygens (including phenoxy) is 3. The molecule has 3 rings (SSSR count). The number of H-pyrrole nitrogens is 1. The minimum atomic E-state index is -0.732. The van der Waals surface area contributed by atoms with Crippen molar-refractivity contribution in [3.8, 4) is 17.6 Å². The molecule has 0 aliphatic carbocycles. The Kier molecular flexibility index (Phi) is 5.46. The van der Waals surface area contributed by atoms with Crippen molar-refractivity contribution in [3.63, 3.8) is 0 Å². The monoisotopic (exact) mass is 379 g/mol. The number of carbonyl (C=O) groups is 1. The lowest BCUT2D eigenvalue weighted by Gasteiger charge is -2.12. The molecular weight excluding hydrogens is 362 g/mol. The van der Waals surface area contributed by atoms with E-state index < -0.39 is 18.3 Å². The summed E-state index contributed by atoms with van der Waals surface area (Å²) in [6.45, 7) is -0.501. The number of para-hydroxylation sites is 3. The largest absolute Gasteiger partial charge is 0.507 e. The van der Waals surface area contributed by atoms with Gasteiger partial charge in [0.1, 0.15) is 23.8 Å². The summed E-state index contributed by atoms with van der Waals surface area (Å²) in [7, 11) is 2.86. The average Bonchev–Trinajstić information content (AvgIpc) is 3.15. The lowest BCUT2D eigenvalue weighted by molar-refractivity contribution is 0.0498. The van der Waals surface area contributed by atoms with Gasteiger partial charge in [0.15, 0.2) is 23.1 Å². The Morgan fingerprint density at radius 1 is 1.18 bits per heavy atom. The molecule has 0 saturated heterocycles. The van der Waals surface area contributed by atoms with Gasteiger partial charge in [-0.1, -0.05) is 18.2 Å². The van der Waals surface area contributed by atoms with Gasteiger partial charge in [0.2, 0.25) is 0 Å². The molecule has 0 aliphatic rings. The van der Waals surface area contributed by atoms with E-state index in [0.29, 0.717) is 11.3 Å². The first-order chi connectivity index (χ1) is 13.6. The zero-order valence-electron chi connectivity index (χ0n) is 15.2. The van der Waals surface area contributed by atoms with Gasteiger partial charge in [0, 0.05) is 0 Å². The van der Waals surface area contributed by atoms with Crippen LogP contribution >= 0.6 is 0 Å². The maximum Gasteiger partial charge on any atom is 0.342 e. The average molecular weight is 379 g/mol. The van der Waals surface area contributed by atoms with E-state index in [1.807, 2.05) is 18.2 Å². The molecule has 0 fully saturated rings. The van der Waals surface area contributed by atoms with Crippen LogP contribution in [-0.4, -0.2) is 41.9 Å². The quantitative estimate of drug-likeness (QED) is 0.383. The van der Waals surface area contributed by atoms with Crippen LogP contribution in [0.2, 0.25) is 0 Å². The van der Waals surface area contributed by atoms with Crippen LogP contribution in [-0.2, 0) is 4.74 Å². The Bertz CT molecular complexity index is 1060. The molecule has 8 heteroatoms. The standard InChI is InChI=1S/C20H17N3O5/c1-26-17-9-5-6-12(18(17)27-2)20(25)28-11-16(24)13(10-21)19-22-14-7-3-4-8-15(14)23-19/h3-9,24H,11H2,1-2H3,(H,22,23). The molecular formula is C20H17N3O5. The van der Waals surface area contributed by atoms with Gasteiger partial charge in [-0.05, 0) is 24.3 Å². The van der Waals surface area contributed by atoms with Crippen molar-refractivity contribution in [2.75, 3.05) is 20.8 Å². The number of methoxy groups -OCH3 is 2. The summed E-state index contributed by atoms with van der Waals surface area (Å²) in [6, 6.07) is 13.9. The molecule has 1 heterocycles. The first-order valence-corrected chi connectivity index (χ1v) is 8.24. The number of esters is 1. The highest BCUT2D eigenvalue weighted by molar-refractivity contribution is 5.93. The molecule has 1 aromatic heterocycles. The highest BCUT2D eigenvalue weighted by Gasteiger charge is 2.20. The second-order valence-corrected chi connectivity index (χ2v) is 5.65. The van der Waals surface area contributed by atoms with E-state index in [1.54, 1.807) is 24.3 Å². The Morgan fingerprint density at radius 3 is 2.64 bits per heavy atom. The van der Waals surface area contributed by atoms with E-state index >= 15 is 0 Å². The van der Waals surface area contributed by atoms with Crippen LogP contribution < -0.4 is 9.47 Å². The predicted octanol–water partition coefficient (Wildman–Crippen LogP) is 3.23. The second kappa shape index (κ2) is 8.14. The van der Waals surface area contributed by atoms with Gasteiger partial charge in [0.05, 0.1) is 25.3 Å². The lowest BCUT2D eigenvalue weighted by atomic mass is 10.2. The molecule has 8 nitrogen and oxygen atoms in total. The Hall–Kier alpha value is -3.99. The molecule has 0 spiro atoms. The highest BCUT2D eigenvalue weighted by atomic mass is 16.5. The number of hydrogen-bond acceptors (Lipinski definition) is 7. The zero-order chi connectivity index (χ0) is 20.1. The molecule has 0 radical (unpaired) electrons. The summed E-state index contributed by atoms with van der Waals surface area (Å²) >= 11 is 0. The van der Waals surface area contributed by atoms with Crippen molar-refractivity contribution in [3.05, 3.63) is 59.6 Å². The third-order valence-electron chi connectivity index (χ3n) is 3.99. The van der Waals surface area contributed by atoms with Crippen molar-refractivity contribution in [2.24, 2.45) is 0 Å². The van der Waals surface area contributed by atoms with E-state index in [2.05, 4.69) is 9.97 Å². The summed E-state index contributed by atoms with van der Waals surface area (Å²) in [5, 5.41) is 19.7. The van der Waals surface area contributed by atoms with Gasteiger partial charge in [-0.15, -0.1) is 0 Å². The summed E-state index contributed by atoms with van der Waals surface area (Å²) < 4.78 is 15.5. The third-order valence-corrected chi connectivity index (χ3v) is 3.99. The van der Waals surface area contributed by atoms with Gasteiger partial charge in [0.25, 0.3) is 0 Å². The third kappa shape index (κ3) is 3.59. The number of hydrogen-bond donors (Lipinski definition) is 2. The summed E-state index contributed by atoms with van der Waals surface area (Å²) in [6.07, 6.45) is 0. The number of allylic oxidation sites excluding steroid dienone is 1. The molecule has 0 amide bonds. The van der Waals surface area contributed by atoms with Gasteiger partial charge in [-0.2, -0.15) is 5.26 Å². The number of nitriles is 1. The van der Waals surface area contributed by atoms with E-state index in [-0.39, 0.29) is 22.7 Å². The number of rotatable bonds is 6. The minimum Gasteiger partial charge on any atom is -0.507 e. The van der Waals surface area contributed by atoms with E-state index in [9.17, 15) is 15.2 Å². The fourth-order valence-electron chi connectivity index (χ4n) is 2.66. The number of nitrogens with zero attached hydrogens (tertiary/aromatic N) is 2. The van der Waals surface area contributed by atoms with Gasteiger partial charge < -0.3 is 24.3 Å². The maximum absolute atomic E-state index is 12.4. The number of carbonyl (C=O) groups excluding carboxylic acids is 1. The van der Waals surface area contributed by atoms with Crippen molar-refractivity contribution in [1.29, 1.82) is 5.26 Å². The van der Waals surface area contributed by atoms with Crippen LogP contribution in [0.15, 0.2) is 48.2 Å². The van der Waals surface area contributed by atoms with Crippen LogP contribution in [0.3, 0.4) is 0 Å². The van der Waals surface area contributed by atoms with Crippen molar-refractivity contribution in [1.82, 2.24) is 9.97 Å². The molecule has 0 bridgehead atoms. The van der Waals surface area contributed by atoms with Crippen LogP contribution in [0.1, 0.15) is 16.2 Å².